The smallest absolute Gasteiger partial charge is 0.193 e. The van der Waals surface area contributed by atoms with Crippen molar-refractivity contribution in [2.24, 2.45) is 0 Å². The predicted octanol–water partition coefficient (Wildman–Crippen LogP) is 5.28. The molecule has 6 heteroatoms. The van der Waals surface area contributed by atoms with Gasteiger partial charge in [-0.05, 0) is 42.8 Å². The Morgan fingerprint density at radius 2 is 1.68 bits per heavy atom. The number of benzene rings is 2. The minimum Gasteiger partial charge on any atom is -0.486 e. The number of allylic oxidation sites excluding steroid dienone is 1. The molecule has 2 N–H and O–H groups in total. The molecule has 152 valence electrons. The van der Waals surface area contributed by atoms with E-state index in [1.165, 1.54) is 0 Å². The van der Waals surface area contributed by atoms with Crippen LogP contribution in [-0.2, 0) is 6.61 Å². The van der Waals surface area contributed by atoms with Crippen molar-refractivity contribution in [1.29, 1.82) is 0 Å². The number of ether oxygens (including phenoxy) is 1. The van der Waals surface area contributed by atoms with Gasteiger partial charge in [-0.3, -0.25) is 4.79 Å². The number of aromatic nitrogens is 4. The maximum absolute atomic E-state index is 12.7. The van der Waals surface area contributed by atoms with E-state index >= 15 is 0 Å². The second-order valence-corrected chi connectivity index (χ2v) is 7.44. The maximum Gasteiger partial charge on any atom is 0.193 e. The Morgan fingerprint density at radius 1 is 1.00 bits per heavy atom. The molecule has 0 fully saturated rings. The summed E-state index contributed by atoms with van der Waals surface area (Å²) in [4.78, 5) is 28.0. The van der Waals surface area contributed by atoms with Crippen molar-refractivity contribution < 1.29 is 9.53 Å². The van der Waals surface area contributed by atoms with Crippen LogP contribution >= 0.6 is 0 Å². The molecule has 31 heavy (non-hydrogen) atoms. The zero-order valence-corrected chi connectivity index (χ0v) is 17.0. The molecule has 2 aromatic carbocycles. The van der Waals surface area contributed by atoms with E-state index < -0.39 is 0 Å². The zero-order chi connectivity index (χ0) is 21.4. The highest BCUT2D eigenvalue weighted by Gasteiger charge is 2.11. The third-order valence-corrected chi connectivity index (χ3v) is 5.22. The SMILES string of the molecule is C=C(C)c1ccc(C(=O)c2ccc(OCc3nc4c(cnc5[nH]ccc54)[nH]3)cc2)cc1. The van der Waals surface area contributed by atoms with Crippen LogP contribution in [0.5, 0.6) is 5.75 Å². The number of pyridine rings is 1. The van der Waals surface area contributed by atoms with Crippen LogP contribution in [0.2, 0.25) is 0 Å². The van der Waals surface area contributed by atoms with Crippen LogP contribution in [0.4, 0.5) is 0 Å². The van der Waals surface area contributed by atoms with Crippen LogP contribution in [0, 0.1) is 0 Å². The van der Waals surface area contributed by atoms with Crippen LogP contribution in [0.15, 0.2) is 73.6 Å². The lowest BCUT2D eigenvalue weighted by Gasteiger charge is -2.06. The van der Waals surface area contributed by atoms with Crippen LogP contribution in [0.3, 0.4) is 0 Å². The number of ketones is 1. The fraction of sp³-hybridized carbons (Fsp3) is 0.0800. The van der Waals surface area contributed by atoms with Gasteiger partial charge >= 0.3 is 0 Å². The number of hydrogen-bond acceptors (Lipinski definition) is 4. The summed E-state index contributed by atoms with van der Waals surface area (Å²) in [6, 6.07) is 16.6. The number of aromatic amines is 2. The number of nitrogens with zero attached hydrogens (tertiary/aromatic N) is 2. The summed E-state index contributed by atoms with van der Waals surface area (Å²) >= 11 is 0. The van der Waals surface area contributed by atoms with Gasteiger partial charge in [-0.1, -0.05) is 36.4 Å². The Labute approximate surface area is 178 Å². The van der Waals surface area contributed by atoms with Crippen molar-refractivity contribution in [2.75, 3.05) is 0 Å². The number of rotatable bonds is 6. The first-order valence-corrected chi connectivity index (χ1v) is 9.93. The van der Waals surface area contributed by atoms with Gasteiger partial charge in [0, 0.05) is 22.7 Å². The van der Waals surface area contributed by atoms with E-state index in [4.69, 9.17) is 4.74 Å². The molecule has 0 saturated heterocycles. The summed E-state index contributed by atoms with van der Waals surface area (Å²) in [7, 11) is 0. The van der Waals surface area contributed by atoms with Gasteiger partial charge in [0.05, 0.1) is 11.7 Å². The number of H-pyrrole nitrogens is 2. The topological polar surface area (TPSA) is 83.7 Å². The van der Waals surface area contributed by atoms with Gasteiger partial charge in [-0.2, -0.15) is 0 Å². The standard InChI is InChI=1S/C25H20N4O2/c1-15(2)16-3-5-17(6-4-16)24(30)18-7-9-19(10-8-18)31-14-22-28-21-13-27-25-20(11-12-26-25)23(21)29-22/h3-13H,1,14H2,2H3,(H,26,27)(H,28,29). The molecule has 3 aromatic heterocycles. The van der Waals surface area contributed by atoms with Gasteiger partial charge < -0.3 is 14.7 Å². The maximum atomic E-state index is 12.7. The minimum absolute atomic E-state index is 0.0277. The lowest BCUT2D eigenvalue weighted by molar-refractivity contribution is 0.103. The van der Waals surface area contributed by atoms with E-state index in [1.54, 1.807) is 30.5 Å². The van der Waals surface area contributed by atoms with Gasteiger partial charge in [0.2, 0.25) is 0 Å². The van der Waals surface area contributed by atoms with E-state index in [-0.39, 0.29) is 12.4 Å². The first-order valence-electron chi connectivity index (χ1n) is 9.93. The van der Waals surface area contributed by atoms with Gasteiger partial charge in [0.25, 0.3) is 0 Å². The molecular weight excluding hydrogens is 388 g/mol. The quantitative estimate of drug-likeness (QED) is 0.374. The molecule has 5 aromatic rings. The molecule has 0 unspecified atom stereocenters. The summed E-state index contributed by atoms with van der Waals surface area (Å²) in [5, 5.41) is 0.971. The third-order valence-electron chi connectivity index (χ3n) is 5.22. The molecule has 0 aliphatic heterocycles. The third kappa shape index (κ3) is 3.59. The van der Waals surface area contributed by atoms with Crippen molar-refractivity contribution in [2.45, 2.75) is 13.5 Å². The van der Waals surface area contributed by atoms with Gasteiger partial charge in [-0.15, -0.1) is 0 Å². The van der Waals surface area contributed by atoms with Crippen molar-refractivity contribution in [3.8, 4) is 5.75 Å². The van der Waals surface area contributed by atoms with Crippen LogP contribution in [0.1, 0.15) is 34.2 Å². The second kappa shape index (κ2) is 7.57. The molecule has 6 nitrogen and oxygen atoms in total. The monoisotopic (exact) mass is 408 g/mol. The lowest BCUT2D eigenvalue weighted by atomic mass is 10.0. The Hall–Kier alpha value is -4.19. The first kappa shape index (κ1) is 18.8. The number of fused-ring (bicyclic) bond motifs is 3. The van der Waals surface area contributed by atoms with Crippen molar-refractivity contribution >= 4 is 33.4 Å². The van der Waals surface area contributed by atoms with E-state index in [2.05, 4.69) is 26.5 Å². The summed E-state index contributed by atoms with van der Waals surface area (Å²) < 4.78 is 5.85. The molecule has 0 aliphatic carbocycles. The number of carbonyl (C=O) groups excluding carboxylic acids is 1. The van der Waals surface area contributed by atoms with Crippen LogP contribution < -0.4 is 4.74 Å². The van der Waals surface area contributed by atoms with Gasteiger partial charge in [-0.25, -0.2) is 9.97 Å². The van der Waals surface area contributed by atoms with Crippen molar-refractivity contribution in [3.05, 3.63) is 96.1 Å². The van der Waals surface area contributed by atoms with E-state index in [1.807, 2.05) is 43.5 Å². The molecule has 0 atom stereocenters. The molecular formula is C25H20N4O2. The largest absolute Gasteiger partial charge is 0.486 e. The molecule has 0 amide bonds. The van der Waals surface area contributed by atoms with E-state index in [0.717, 1.165) is 33.2 Å². The highest BCUT2D eigenvalue weighted by molar-refractivity contribution is 6.09. The number of imidazole rings is 1. The fourth-order valence-electron chi connectivity index (χ4n) is 3.52. The molecule has 0 saturated carbocycles. The van der Waals surface area contributed by atoms with E-state index in [0.29, 0.717) is 22.7 Å². The Bertz CT molecular complexity index is 1410. The molecule has 0 radical (unpaired) electrons. The van der Waals surface area contributed by atoms with Crippen LogP contribution in [0.25, 0.3) is 27.6 Å². The normalized spacial score (nSPS) is 11.1. The first-order chi connectivity index (χ1) is 15.1. The highest BCUT2D eigenvalue weighted by atomic mass is 16.5. The predicted molar refractivity (Wildman–Crippen MR) is 121 cm³/mol. The van der Waals surface area contributed by atoms with Gasteiger partial charge in [0.1, 0.15) is 29.3 Å². The Kier molecular flexibility index (Phi) is 4.59. The molecule has 3 heterocycles. The lowest BCUT2D eigenvalue weighted by Crippen LogP contribution is -2.02. The van der Waals surface area contributed by atoms with Crippen molar-refractivity contribution in [1.82, 2.24) is 19.9 Å². The Balaban J connectivity index is 1.28. The fourth-order valence-corrected chi connectivity index (χ4v) is 3.52. The summed E-state index contributed by atoms with van der Waals surface area (Å²) in [5.41, 5.74) is 5.79. The number of nitrogens with one attached hydrogen (secondary N) is 2. The summed E-state index contributed by atoms with van der Waals surface area (Å²) in [6.07, 6.45) is 3.60. The number of carbonyl (C=O) groups is 1. The zero-order valence-electron chi connectivity index (χ0n) is 17.0. The molecule has 0 bridgehead atoms. The Morgan fingerprint density at radius 3 is 2.39 bits per heavy atom. The van der Waals surface area contributed by atoms with Crippen molar-refractivity contribution in [3.63, 3.8) is 0 Å². The average Bonchev–Trinajstić information content (AvgIpc) is 3.44. The molecule has 0 aliphatic rings. The molecule has 0 spiro atoms. The van der Waals surface area contributed by atoms with Crippen LogP contribution in [-0.4, -0.2) is 25.7 Å². The highest BCUT2D eigenvalue weighted by Crippen LogP contribution is 2.22. The summed E-state index contributed by atoms with van der Waals surface area (Å²) in [6.45, 7) is 6.15. The minimum atomic E-state index is -0.0277. The molecule has 5 rings (SSSR count). The second-order valence-electron chi connectivity index (χ2n) is 7.44. The van der Waals surface area contributed by atoms with Gasteiger partial charge in [0.15, 0.2) is 5.78 Å². The summed E-state index contributed by atoms with van der Waals surface area (Å²) in [5.74, 6) is 1.35. The number of hydrogen-bond donors (Lipinski definition) is 2. The average molecular weight is 408 g/mol. The van der Waals surface area contributed by atoms with E-state index in [9.17, 15) is 4.79 Å².